The van der Waals surface area contributed by atoms with Crippen LogP contribution in [0, 0.1) is 5.92 Å². The summed E-state index contributed by atoms with van der Waals surface area (Å²) in [6.45, 7) is 6.22. The maximum Gasteiger partial charge on any atom is 0.325 e. The van der Waals surface area contributed by atoms with Crippen molar-refractivity contribution in [1.29, 1.82) is 0 Å². The summed E-state index contributed by atoms with van der Waals surface area (Å²) in [5.74, 6) is 0.178. The molecule has 0 bridgehead atoms. The van der Waals surface area contributed by atoms with Crippen LogP contribution < -0.4 is 5.32 Å². The molecular weight excluding hydrogens is 378 g/mol. The molecule has 1 saturated heterocycles. The number of nitrogens with one attached hydrogen (secondary N) is 1. The fraction of sp³-hybridized carbons (Fsp3) is 0.375. The minimum Gasteiger partial charge on any atom is -0.345 e. The van der Waals surface area contributed by atoms with Crippen molar-refractivity contribution in [3.63, 3.8) is 0 Å². The topological polar surface area (TPSA) is 69.7 Å². The van der Waals surface area contributed by atoms with Crippen molar-refractivity contribution < 1.29 is 14.4 Å². The number of benzene rings is 2. The molecule has 6 heteroatoms. The van der Waals surface area contributed by atoms with Crippen LogP contribution in [0.2, 0.25) is 0 Å². The summed E-state index contributed by atoms with van der Waals surface area (Å²) >= 11 is 0. The monoisotopic (exact) mass is 407 g/mol. The normalized spacial score (nSPS) is 18.7. The van der Waals surface area contributed by atoms with Crippen LogP contribution in [0.5, 0.6) is 0 Å². The standard InChI is InChI=1S/C24H29N3O3/c1-16(2)14-17-8-12-20(13-9-17)24(3)22(29)27(23(30)25-24)15-18-6-10-19(11-7-18)21(28)26(4)5/h6-13,16H,14-15H2,1-5H3,(H,25,30). The van der Waals surface area contributed by atoms with Crippen LogP contribution in [-0.4, -0.2) is 41.7 Å². The van der Waals surface area contributed by atoms with Gasteiger partial charge in [-0.2, -0.15) is 0 Å². The molecule has 2 aromatic rings. The van der Waals surface area contributed by atoms with Gasteiger partial charge >= 0.3 is 6.03 Å². The zero-order valence-electron chi connectivity index (χ0n) is 18.2. The van der Waals surface area contributed by atoms with Gasteiger partial charge in [-0.1, -0.05) is 50.2 Å². The van der Waals surface area contributed by atoms with E-state index in [9.17, 15) is 14.4 Å². The van der Waals surface area contributed by atoms with Crippen molar-refractivity contribution in [3.8, 4) is 0 Å². The molecule has 30 heavy (non-hydrogen) atoms. The second-order valence-corrected chi connectivity index (χ2v) is 8.64. The maximum atomic E-state index is 13.2. The van der Waals surface area contributed by atoms with Gasteiger partial charge in [0, 0.05) is 19.7 Å². The third-order valence-corrected chi connectivity index (χ3v) is 5.40. The van der Waals surface area contributed by atoms with E-state index in [0.717, 1.165) is 17.5 Å². The zero-order valence-corrected chi connectivity index (χ0v) is 18.2. The molecule has 1 aliphatic rings. The first-order chi connectivity index (χ1) is 14.1. The number of nitrogens with zero attached hydrogens (tertiary/aromatic N) is 2. The van der Waals surface area contributed by atoms with E-state index in [4.69, 9.17) is 0 Å². The quantitative estimate of drug-likeness (QED) is 0.745. The molecule has 2 aromatic carbocycles. The van der Waals surface area contributed by atoms with Gasteiger partial charge in [-0.15, -0.1) is 0 Å². The molecule has 0 radical (unpaired) electrons. The van der Waals surface area contributed by atoms with Crippen LogP contribution in [-0.2, 0) is 23.3 Å². The van der Waals surface area contributed by atoms with Crippen molar-refractivity contribution in [2.24, 2.45) is 5.92 Å². The molecule has 1 N–H and O–H groups in total. The molecule has 1 aliphatic heterocycles. The van der Waals surface area contributed by atoms with E-state index in [2.05, 4.69) is 19.2 Å². The second-order valence-electron chi connectivity index (χ2n) is 8.64. The van der Waals surface area contributed by atoms with E-state index in [1.54, 1.807) is 45.3 Å². The summed E-state index contributed by atoms with van der Waals surface area (Å²) < 4.78 is 0. The molecule has 158 valence electrons. The van der Waals surface area contributed by atoms with Crippen molar-refractivity contribution in [1.82, 2.24) is 15.1 Å². The molecular formula is C24H29N3O3. The first-order valence-electron chi connectivity index (χ1n) is 10.2. The SMILES string of the molecule is CC(C)Cc1ccc(C2(C)NC(=O)N(Cc3ccc(C(=O)N(C)C)cc3)C2=O)cc1. The van der Waals surface area contributed by atoms with Gasteiger partial charge in [0.15, 0.2) is 0 Å². The molecule has 0 aliphatic carbocycles. The Kier molecular flexibility index (Phi) is 5.97. The van der Waals surface area contributed by atoms with Crippen molar-refractivity contribution in [2.75, 3.05) is 14.1 Å². The fourth-order valence-corrected chi connectivity index (χ4v) is 3.68. The summed E-state index contributed by atoms with van der Waals surface area (Å²) in [5, 5.41) is 2.85. The highest BCUT2D eigenvalue weighted by Gasteiger charge is 2.48. The van der Waals surface area contributed by atoms with Gasteiger partial charge in [0.1, 0.15) is 5.54 Å². The lowest BCUT2D eigenvalue weighted by atomic mass is 9.90. The number of rotatable bonds is 6. The first kappa shape index (κ1) is 21.6. The van der Waals surface area contributed by atoms with Crippen LogP contribution in [0.15, 0.2) is 48.5 Å². The zero-order chi connectivity index (χ0) is 22.1. The summed E-state index contributed by atoms with van der Waals surface area (Å²) in [6.07, 6.45) is 0.968. The van der Waals surface area contributed by atoms with Gasteiger partial charge < -0.3 is 10.2 Å². The number of amides is 4. The van der Waals surface area contributed by atoms with Gasteiger partial charge in [0.2, 0.25) is 0 Å². The van der Waals surface area contributed by atoms with Crippen molar-refractivity contribution in [3.05, 3.63) is 70.8 Å². The second kappa shape index (κ2) is 8.30. The molecule has 0 aromatic heterocycles. The lowest BCUT2D eigenvalue weighted by Crippen LogP contribution is -2.40. The van der Waals surface area contributed by atoms with Gasteiger partial charge in [-0.05, 0) is 48.1 Å². The van der Waals surface area contributed by atoms with E-state index in [-0.39, 0.29) is 18.4 Å². The Labute approximate surface area is 177 Å². The highest BCUT2D eigenvalue weighted by atomic mass is 16.2. The minimum absolute atomic E-state index is 0.0926. The Morgan fingerprint density at radius 3 is 2.10 bits per heavy atom. The molecule has 1 heterocycles. The number of hydrogen-bond donors (Lipinski definition) is 1. The summed E-state index contributed by atoms with van der Waals surface area (Å²) in [4.78, 5) is 40.5. The van der Waals surface area contributed by atoms with Gasteiger partial charge in [-0.25, -0.2) is 4.79 Å². The fourth-order valence-electron chi connectivity index (χ4n) is 3.68. The van der Waals surface area contributed by atoms with Crippen LogP contribution in [0.1, 0.15) is 47.8 Å². The Balaban J connectivity index is 1.76. The minimum atomic E-state index is -1.09. The predicted octanol–water partition coefficient (Wildman–Crippen LogP) is 3.55. The highest BCUT2D eigenvalue weighted by molar-refractivity contribution is 6.07. The van der Waals surface area contributed by atoms with E-state index in [0.29, 0.717) is 11.5 Å². The molecule has 3 rings (SSSR count). The molecule has 0 spiro atoms. The lowest BCUT2D eigenvalue weighted by Gasteiger charge is -2.23. The van der Waals surface area contributed by atoms with E-state index < -0.39 is 11.6 Å². The number of urea groups is 1. The first-order valence-corrected chi connectivity index (χ1v) is 10.2. The third kappa shape index (κ3) is 4.22. The molecule has 6 nitrogen and oxygen atoms in total. The Morgan fingerprint density at radius 2 is 1.57 bits per heavy atom. The molecule has 0 saturated carbocycles. The lowest BCUT2D eigenvalue weighted by molar-refractivity contribution is -0.131. The predicted molar refractivity (Wildman–Crippen MR) is 116 cm³/mol. The van der Waals surface area contributed by atoms with Crippen LogP contribution in [0.4, 0.5) is 4.79 Å². The van der Waals surface area contributed by atoms with E-state index in [1.165, 1.54) is 15.4 Å². The van der Waals surface area contributed by atoms with Gasteiger partial charge in [0.25, 0.3) is 11.8 Å². The Hall–Kier alpha value is -3.15. The largest absolute Gasteiger partial charge is 0.345 e. The highest BCUT2D eigenvalue weighted by Crippen LogP contribution is 2.30. The Morgan fingerprint density at radius 1 is 1.00 bits per heavy atom. The Bertz CT molecular complexity index is 949. The number of imide groups is 1. The average molecular weight is 408 g/mol. The summed E-state index contributed by atoms with van der Waals surface area (Å²) in [7, 11) is 3.39. The van der Waals surface area contributed by atoms with Gasteiger partial charge in [0.05, 0.1) is 6.54 Å². The third-order valence-electron chi connectivity index (χ3n) is 5.40. The van der Waals surface area contributed by atoms with E-state index in [1.807, 2.05) is 24.3 Å². The molecule has 1 atom stereocenters. The number of hydrogen-bond acceptors (Lipinski definition) is 3. The summed E-state index contributed by atoms with van der Waals surface area (Å²) in [5.41, 5.74) is 2.23. The average Bonchev–Trinajstić information content (AvgIpc) is 2.92. The number of carbonyl (C=O) groups excluding carboxylic acids is 3. The van der Waals surface area contributed by atoms with Gasteiger partial charge in [-0.3, -0.25) is 14.5 Å². The molecule has 4 amide bonds. The summed E-state index contributed by atoms with van der Waals surface area (Å²) in [6, 6.07) is 14.4. The van der Waals surface area contributed by atoms with Crippen LogP contribution >= 0.6 is 0 Å². The van der Waals surface area contributed by atoms with E-state index >= 15 is 0 Å². The smallest absolute Gasteiger partial charge is 0.325 e. The van der Waals surface area contributed by atoms with Crippen molar-refractivity contribution >= 4 is 17.8 Å². The molecule has 1 fully saturated rings. The van der Waals surface area contributed by atoms with Crippen molar-refractivity contribution in [2.45, 2.75) is 39.3 Å². The maximum absolute atomic E-state index is 13.2. The molecule has 1 unspecified atom stereocenters. The number of carbonyl (C=O) groups is 3. The van der Waals surface area contributed by atoms with Crippen LogP contribution in [0.25, 0.3) is 0 Å². The van der Waals surface area contributed by atoms with Crippen LogP contribution in [0.3, 0.4) is 0 Å².